The van der Waals surface area contributed by atoms with Crippen molar-refractivity contribution in [2.24, 2.45) is 0 Å². The van der Waals surface area contributed by atoms with Crippen LogP contribution >= 0.6 is 0 Å². The second kappa shape index (κ2) is 7.27. The number of carbonyl (C=O) groups is 1. The Hall–Kier alpha value is -2.07. The fourth-order valence-corrected chi connectivity index (χ4v) is 2.42. The van der Waals surface area contributed by atoms with Crippen molar-refractivity contribution < 1.29 is 14.6 Å². The van der Waals surface area contributed by atoms with Crippen LogP contribution in [-0.2, 0) is 4.79 Å². The van der Waals surface area contributed by atoms with Gasteiger partial charge < -0.3 is 15.2 Å². The van der Waals surface area contributed by atoms with Crippen molar-refractivity contribution in [1.29, 1.82) is 0 Å². The Kier molecular flexibility index (Phi) is 5.39. The molecule has 2 aromatic carbocycles. The van der Waals surface area contributed by atoms with Crippen LogP contribution in [0.5, 0.6) is 5.75 Å². The Balaban J connectivity index is 2.17. The fraction of sp³-hybridized carbons (Fsp3) is 0.389. The van der Waals surface area contributed by atoms with Crippen molar-refractivity contribution in [1.82, 2.24) is 5.32 Å². The van der Waals surface area contributed by atoms with Crippen LogP contribution in [0.2, 0.25) is 0 Å². The van der Waals surface area contributed by atoms with Gasteiger partial charge in [0.2, 0.25) is 5.91 Å². The Morgan fingerprint density at radius 2 is 1.86 bits per heavy atom. The maximum atomic E-state index is 12.3. The average molecular weight is 301 g/mol. The van der Waals surface area contributed by atoms with E-state index in [1.165, 1.54) is 0 Å². The largest absolute Gasteiger partial charge is 0.497 e. The second-order valence-electron chi connectivity index (χ2n) is 5.62. The van der Waals surface area contributed by atoms with Crippen LogP contribution in [0.4, 0.5) is 0 Å². The molecule has 0 aromatic heterocycles. The van der Waals surface area contributed by atoms with Crippen LogP contribution in [-0.4, -0.2) is 30.8 Å². The molecule has 22 heavy (non-hydrogen) atoms. The average Bonchev–Trinajstić information content (AvgIpc) is 2.53. The molecular weight excluding hydrogens is 278 g/mol. The lowest BCUT2D eigenvalue weighted by Crippen LogP contribution is -2.36. The van der Waals surface area contributed by atoms with E-state index in [-0.39, 0.29) is 24.5 Å². The van der Waals surface area contributed by atoms with Crippen LogP contribution in [0.15, 0.2) is 36.4 Å². The highest BCUT2D eigenvalue weighted by molar-refractivity contribution is 5.88. The molecule has 2 rings (SSSR count). The van der Waals surface area contributed by atoms with Gasteiger partial charge in [0.25, 0.3) is 0 Å². The predicted molar refractivity (Wildman–Crippen MR) is 88.2 cm³/mol. The van der Waals surface area contributed by atoms with Gasteiger partial charge in [-0.05, 0) is 48.7 Å². The van der Waals surface area contributed by atoms with Gasteiger partial charge in [-0.1, -0.05) is 24.3 Å². The molecule has 0 aliphatic carbocycles. The van der Waals surface area contributed by atoms with Crippen molar-refractivity contribution >= 4 is 16.7 Å². The summed E-state index contributed by atoms with van der Waals surface area (Å²) in [5.41, 5.74) is 0.978. The van der Waals surface area contributed by atoms with E-state index in [0.29, 0.717) is 6.42 Å². The zero-order valence-corrected chi connectivity index (χ0v) is 13.3. The number of nitrogens with one attached hydrogen (secondary N) is 1. The van der Waals surface area contributed by atoms with E-state index in [1.54, 1.807) is 7.11 Å². The number of hydrogen-bond acceptors (Lipinski definition) is 3. The molecule has 1 amide bonds. The molecule has 0 aliphatic rings. The number of aliphatic hydroxyl groups excluding tert-OH is 1. The van der Waals surface area contributed by atoms with Crippen molar-refractivity contribution in [2.75, 3.05) is 13.7 Å². The van der Waals surface area contributed by atoms with Crippen LogP contribution in [0.3, 0.4) is 0 Å². The van der Waals surface area contributed by atoms with Crippen molar-refractivity contribution in [3.8, 4) is 5.75 Å². The third-order valence-corrected chi connectivity index (χ3v) is 3.92. The number of amides is 1. The summed E-state index contributed by atoms with van der Waals surface area (Å²) in [6, 6.07) is 11.9. The minimum absolute atomic E-state index is 0.0196. The lowest BCUT2D eigenvalue weighted by Gasteiger charge is -2.17. The monoisotopic (exact) mass is 301 g/mol. The molecule has 0 spiro atoms. The smallest absolute Gasteiger partial charge is 0.227 e. The van der Waals surface area contributed by atoms with Gasteiger partial charge in [0.05, 0.1) is 13.0 Å². The van der Waals surface area contributed by atoms with Crippen LogP contribution in [0.25, 0.3) is 10.8 Å². The Bertz CT molecular complexity index is 654. The first-order valence-corrected chi connectivity index (χ1v) is 7.54. The third kappa shape index (κ3) is 3.77. The second-order valence-corrected chi connectivity index (χ2v) is 5.62. The first-order valence-electron chi connectivity index (χ1n) is 7.54. The SMILES string of the molecule is COc1ccc2cc([C@H](C)C(=O)NC(C)CCO)ccc2c1. The Morgan fingerprint density at radius 3 is 2.55 bits per heavy atom. The molecule has 0 fully saturated rings. The highest BCUT2D eigenvalue weighted by Crippen LogP contribution is 2.25. The number of ether oxygens (including phenoxy) is 1. The molecular formula is C18H23NO3. The van der Waals surface area contributed by atoms with Gasteiger partial charge in [0, 0.05) is 12.6 Å². The number of methoxy groups -OCH3 is 1. The molecule has 0 saturated carbocycles. The van der Waals surface area contributed by atoms with Gasteiger partial charge in [0.15, 0.2) is 0 Å². The van der Waals surface area contributed by atoms with Crippen molar-refractivity contribution in [3.05, 3.63) is 42.0 Å². The van der Waals surface area contributed by atoms with E-state index in [4.69, 9.17) is 9.84 Å². The number of carbonyl (C=O) groups excluding carboxylic acids is 1. The number of aliphatic hydroxyl groups is 1. The summed E-state index contributed by atoms with van der Waals surface area (Å²) in [6.45, 7) is 3.87. The predicted octanol–water partition coefficient (Wildman–Crippen LogP) is 2.84. The minimum Gasteiger partial charge on any atom is -0.497 e. The van der Waals surface area contributed by atoms with E-state index in [9.17, 15) is 4.79 Å². The van der Waals surface area contributed by atoms with Gasteiger partial charge in [-0.3, -0.25) is 4.79 Å². The molecule has 0 bridgehead atoms. The van der Waals surface area contributed by atoms with Gasteiger partial charge in [-0.2, -0.15) is 0 Å². The maximum absolute atomic E-state index is 12.3. The molecule has 118 valence electrons. The Morgan fingerprint density at radius 1 is 1.18 bits per heavy atom. The van der Waals surface area contributed by atoms with Crippen LogP contribution < -0.4 is 10.1 Å². The van der Waals surface area contributed by atoms with Gasteiger partial charge >= 0.3 is 0 Å². The molecule has 4 heteroatoms. The first kappa shape index (κ1) is 16.3. The summed E-state index contributed by atoms with van der Waals surface area (Å²) in [5.74, 6) is 0.574. The van der Waals surface area contributed by atoms with E-state index in [0.717, 1.165) is 22.1 Å². The highest BCUT2D eigenvalue weighted by Gasteiger charge is 2.17. The molecule has 0 radical (unpaired) electrons. The molecule has 2 atom stereocenters. The summed E-state index contributed by atoms with van der Waals surface area (Å²) >= 11 is 0. The van der Waals surface area contributed by atoms with E-state index >= 15 is 0 Å². The summed E-state index contributed by atoms with van der Waals surface area (Å²) < 4.78 is 5.22. The third-order valence-electron chi connectivity index (χ3n) is 3.92. The number of fused-ring (bicyclic) bond motifs is 1. The van der Waals surface area contributed by atoms with E-state index < -0.39 is 0 Å². The topological polar surface area (TPSA) is 58.6 Å². The minimum atomic E-state index is -0.229. The molecule has 0 heterocycles. The summed E-state index contributed by atoms with van der Waals surface area (Å²) in [4.78, 5) is 12.3. The summed E-state index contributed by atoms with van der Waals surface area (Å²) in [6.07, 6.45) is 0.565. The quantitative estimate of drug-likeness (QED) is 0.862. The van der Waals surface area contributed by atoms with Gasteiger partial charge in [-0.25, -0.2) is 0 Å². The van der Waals surface area contributed by atoms with Crippen LogP contribution in [0, 0.1) is 0 Å². The summed E-state index contributed by atoms with van der Waals surface area (Å²) in [5, 5.41) is 14.0. The van der Waals surface area contributed by atoms with Crippen molar-refractivity contribution in [2.45, 2.75) is 32.2 Å². The molecule has 1 unspecified atom stereocenters. The van der Waals surface area contributed by atoms with Gasteiger partial charge in [-0.15, -0.1) is 0 Å². The standard InChI is InChI=1S/C18H23NO3/c1-12(8-9-20)19-18(21)13(2)14-4-5-16-11-17(22-3)7-6-15(16)10-14/h4-7,10-13,20H,8-9H2,1-3H3,(H,19,21)/t12?,13-/m0/s1. The van der Waals surface area contributed by atoms with E-state index in [2.05, 4.69) is 5.32 Å². The lowest BCUT2D eigenvalue weighted by atomic mass is 9.96. The maximum Gasteiger partial charge on any atom is 0.227 e. The van der Waals surface area contributed by atoms with Crippen LogP contribution in [0.1, 0.15) is 31.7 Å². The van der Waals surface area contributed by atoms with Crippen molar-refractivity contribution in [3.63, 3.8) is 0 Å². The highest BCUT2D eigenvalue weighted by atomic mass is 16.5. The number of benzene rings is 2. The van der Waals surface area contributed by atoms with Gasteiger partial charge in [0.1, 0.15) is 5.75 Å². The lowest BCUT2D eigenvalue weighted by molar-refractivity contribution is -0.122. The Labute approximate surface area is 131 Å². The molecule has 4 nitrogen and oxygen atoms in total. The molecule has 0 aliphatic heterocycles. The van der Waals surface area contributed by atoms with E-state index in [1.807, 2.05) is 50.2 Å². The fourth-order valence-electron chi connectivity index (χ4n) is 2.42. The molecule has 2 aromatic rings. The zero-order chi connectivity index (χ0) is 16.1. The number of hydrogen-bond donors (Lipinski definition) is 2. The normalized spacial score (nSPS) is 13.6. The number of rotatable bonds is 6. The summed E-state index contributed by atoms with van der Waals surface area (Å²) in [7, 11) is 1.65. The molecule has 0 saturated heterocycles. The first-order chi connectivity index (χ1) is 10.5. The molecule has 2 N–H and O–H groups in total. The zero-order valence-electron chi connectivity index (χ0n) is 13.3.